The van der Waals surface area contributed by atoms with Gasteiger partial charge in [0.25, 0.3) is 5.91 Å². The molecule has 0 saturated carbocycles. The number of anilines is 1. The van der Waals surface area contributed by atoms with Gasteiger partial charge in [-0.25, -0.2) is 0 Å². The summed E-state index contributed by atoms with van der Waals surface area (Å²) in [6, 6.07) is 6.71. The summed E-state index contributed by atoms with van der Waals surface area (Å²) in [6.45, 7) is 4.21. The fourth-order valence-electron chi connectivity index (χ4n) is 1.64. The fourth-order valence-corrected chi connectivity index (χ4v) is 1.64. The van der Waals surface area contributed by atoms with E-state index in [1.807, 2.05) is 0 Å². The molecule has 0 aliphatic rings. The molecule has 0 aromatic heterocycles. The van der Waals surface area contributed by atoms with Gasteiger partial charge in [0.05, 0.1) is 0 Å². The van der Waals surface area contributed by atoms with Gasteiger partial charge in [0, 0.05) is 12.2 Å². The molecule has 0 saturated heterocycles. The van der Waals surface area contributed by atoms with Crippen LogP contribution in [-0.4, -0.2) is 24.2 Å². The van der Waals surface area contributed by atoms with E-state index >= 15 is 0 Å². The molecule has 0 heterocycles. The molecule has 0 fully saturated rings. The Hall–Kier alpha value is -1.56. The molecule has 2 N–H and O–H groups in total. The number of nitrogens with two attached hydrogens (primary N) is 1. The molecule has 0 spiro atoms. The first-order valence-corrected chi connectivity index (χ1v) is 5.85. The second-order valence-corrected chi connectivity index (χ2v) is 4.59. The highest BCUT2D eigenvalue weighted by molar-refractivity contribution is 6.00. The van der Waals surface area contributed by atoms with Crippen LogP contribution >= 0.6 is 0 Å². The van der Waals surface area contributed by atoms with Gasteiger partial charge in [-0.05, 0) is 38.5 Å². The summed E-state index contributed by atoms with van der Waals surface area (Å²) in [6.07, 6.45) is -4.79. The van der Waals surface area contributed by atoms with Crippen LogP contribution < -0.4 is 10.6 Å². The molecule has 1 aromatic carbocycles. The number of hydrogen-bond donors (Lipinski definition) is 1. The highest BCUT2D eigenvalue weighted by Gasteiger charge is 2.55. The Balaban J connectivity index is 3.15. The minimum absolute atomic E-state index is 0.116. The average molecular weight is 274 g/mol. The summed E-state index contributed by atoms with van der Waals surface area (Å²) in [7, 11) is 0. The predicted octanol–water partition coefficient (Wildman–Crippen LogP) is 2.63. The average Bonchev–Trinajstić information content (AvgIpc) is 2.28. The monoisotopic (exact) mass is 274 g/mol. The number of hydrogen-bond acceptors (Lipinski definition) is 2. The number of rotatable bonds is 3. The summed E-state index contributed by atoms with van der Waals surface area (Å²) in [5.74, 6) is -1.16. The second-order valence-electron chi connectivity index (χ2n) is 4.59. The third kappa shape index (κ3) is 3.07. The van der Waals surface area contributed by atoms with Crippen LogP contribution in [-0.2, 0) is 4.79 Å². The minimum Gasteiger partial charge on any atom is -0.311 e. The molecule has 3 nitrogen and oxygen atoms in total. The van der Waals surface area contributed by atoms with Gasteiger partial charge < -0.3 is 10.6 Å². The highest BCUT2D eigenvalue weighted by atomic mass is 19.4. The van der Waals surface area contributed by atoms with Crippen molar-refractivity contribution in [3.8, 4) is 0 Å². The number of nitrogens with zero attached hydrogens (tertiary/aromatic N) is 1. The van der Waals surface area contributed by atoms with E-state index in [0.717, 1.165) is 10.5 Å². The van der Waals surface area contributed by atoms with E-state index in [9.17, 15) is 18.0 Å². The van der Waals surface area contributed by atoms with Gasteiger partial charge in [0.15, 0.2) is 5.54 Å². The number of benzene rings is 1. The van der Waals surface area contributed by atoms with Gasteiger partial charge in [-0.2, -0.15) is 13.2 Å². The van der Waals surface area contributed by atoms with E-state index < -0.39 is 17.6 Å². The van der Waals surface area contributed by atoms with Crippen molar-refractivity contribution >= 4 is 11.6 Å². The predicted molar refractivity (Wildman–Crippen MR) is 67.9 cm³/mol. The van der Waals surface area contributed by atoms with Crippen molar-refractivity contribution in [2.24, 2.45) is 5.73 Å². The van der Waals surface area contributed by atoms with Crippen LogP contribution in [0.1, 0.15) is 19.4 Å². The van der Waals surface area contributed by atoms with Crippen molar-refractivity contribution in [2.45, 2.75) is 32.5 Å². The lowest BCUT2D eigenvalue weighted by Crippen LogP contribution is -2.62. The molecule has 0 aliphatic carbocycles. The largest absolute Gasteiger partial charge is 0.415 e. The van der Waals surface area contributed by atoms with Gasteiger partial charge >= 0.3 is 6.18 Å². The summed E-state index contributed by atoms with van der Waals surface area (Å²) in [5, 5.41) is 0. The quantitative estimate of drug-likeness (QED) is 0.921. The van der Waals surface area contributed by atoms with E-state index in [0.29, 0.717) is 12.6 Å². The molecule has 0 aliphatic heterocycles. The Kier molecular flexibility index (Phi) is 4.25. The maximum atomic E-state index is 12.8. The third-order valence-electron chi connectivity index (χ3n) is 2.91. The first-order valence-electron chi connectivity index (χ1n) is 5.85. The zero-order valence-corrected chi connectivity index (χ0v) is 11.1. The maximum absolute atomic E-state index is 12.8. The summed E-state index contributed by atoms with van der Waals surface area (Å²) in [4.78, 5) is 13.1. The van der Waals surface area contributed by atoms with Crippen molar-refractivity contribution in [1.29, 1.82) is 0 Å². The molecule has 106 valence electrons. The van der Waals surface area contributed by atoms with E-state index in [2.05, 4.69) is 0 Å². The number of amides is 1. The molecule has 1 atom stereocenters. The Bertz CT molecular complexity index is 469. The van der Waals surface area contributed by atoms with Crippen LogP contribution in [0.15, 0.2) is 24.3 Å². The van der Waals surface area contributed by atoms with Crippen molar-refractivity contribution in [3.05, 3.63) is 29.8 Å². The molecule has 1 unspecified atom stereocenters. The third-order valence-corrected chi connectivity index (χ3v) is 2.91. The summed E-state index contributed by atoms with van der Waals surface area (Å²) >= 11 is 0. The summed E-state index contributed by atoms with van der Waals surface area (Å²) < 4.78 is 38.4. The SMILES string of the molecule is CCN(C(=O)C(C)(N)C(F)(F)F)c1cccc(C)c1. The lowest BCUT2D eigenvalue weighted by molar-refractivity contribution is -0.185. The Morgan fingerprint density at radius 2 is 1.95 bits per heavy atom. The molecule has 1 aromatic rings. The van der Waals surface area contributed by atoms with Crippen LogP contribution in [0.25, 0.3) is 0 Å². The van der Waals surface area contributed by atoms with Gasteiger partial charge in [0.2, 0.25) is 0 Å². The summed E-state index contributed by atoms with van der Waals surface area (Å²) in [5.41, 5.74) is 3.54. The standard InChI is InChI=1S/C13H17F3N2O/c1-4-18(10-7-5-6-9(2)8-10)11(19)12(3,17)13(14,15)16/h5-8H,4,17H2,1-3H3. The molecule has 0 bridgehead atoms. The molecule has 6 heteroatoms. The fraction of sp³-hybridized carbons (Fsp3) is 0.462. The molecule has 19 heavy (non-hydrogen) atoms. The zero-order chi connectivity index (χ0) is 14.8. The first kappa shape index (κ1) is 15.5. The van der Waals surface area contributed by atoms with Crippen LogP contribution in [0.5, 0.6) is 0 Å². The minimum atomic E-state index is -4.79. The van der Waals surface area contributed by atoms with Gasteiger partial charge in [-0.15, -0.1) is 0 Å². The van der Waals surface area contributed by atoms with Gasteiger partial charge in [-0.1, -0.05) is 12.1 Å². The Morgan fingerprint density at radius 3 is 2.37 bits per heavy atom. The van der Waals surface area contributed by atoms with Crippen molar-refractivity contribution < 1.29 is 18.0 Å². The van der Waals surface area contributed by atoms with Gasteiger partial charge in [-0.3, -0.25) is 4.79 Å². The second kappa shape index (κ2) is 5.21. The zero-order valence-electron chi connectivity index (χ0n) is 11.1. The van der Waals surface area contributed by atoms with Crippen LogP contribution in [0.2, 0.25) is 0 Å². The topological polar surface area (TPSA) is 46.3 Å². The molecule has 1 amide bonds. The molecule has 0 radical (unpaired) electrons. The van der Waals surface area contributed by atoms with E-state index in [4.69, 9.17) is 5.73 Å². The number of likely N-dealkylation sites (N-methyl/N-ethyl adjacent to an activating group) is 1. The Labute approximate surface area is 110 Å². The first-order chi connectivity index (χ1) is 8.61. The van der Waals surface area contributed by atoms with Gasteiger partial charge in [0.1, 0.15) is 0 Å². The number of carbonyl (C=O) groups excluding carboxylic acids is 1. The number of alkyl halides is 3. The number of carbonyl (C=O) groups is 1. The lowest BCUT2D eigenvalue weighted by Gasteiger charge is -2.32. The van der Waals surface area contributed by atoms with E-state index in [1.165, 1.54) is 0 Å². The van der Waals surface area contributed by atoms with Crippen molar-refractivity contribution in [1.82, 2.24) is 0 Å². The molecular formula is C13H17F3N2O. The highest BCUT2D eigenvalue weighted by Crippen LogP contribution is 2.31. The molecular weight excluding hydrogens is 257 g/mol. The molecule has 1 rings (SSSR count). The normalized spacial score (nSPS) is 14.9. The smallest absolute Gasteiger partial charge is 0.311 e. The van der Waals surface area contributed by atoms with E-state index in [1.54, 1.807) is 38.1 Å². The number of aryl methyl sites for hydroxylation is 1. The van der Waals surface area contributed by atoms with E-state index in [-0.39, 0.29) is 6.54 Å². The van der Waals surface area contributed by atoms with Crippen LogP contribution in [0.3, 0.4) is 0 Å². The van der Waals surface area contributed by atoms with Crippen LogP contribution in [0, 0.1) is 6.92 Å². The number of halogens is 3. The van der Waals surface area contributed by atoms with Crippen molar-refractivity contribution in [3.63, 3.8) is 0 Å². The lowest BCUT2D eigenvalue weighted by atomic mass is 10.0. The van der Waals surface area contributed by atoms with Crippen molar-refractivity contribution in [2.75, 3.05) is 11.4 Å². The van der Waals surface area contributed by atoms with Crippen LogP contribution in [0.4, 0.5) is 18.9 Å². The maximum Gasteiger partial charge on any atom is 0.415 e. The Morgan fingerprint density at radius 1 is 1.37 bits per heavy atom.